The minimum Gasteiger partial charge on any atom is -0.452 e. The van der Waals surface area contributed by atoms with E-state index in [-0.39, 0.29) is 0 Å². The topological polar surface area (TPSA) is 47.1 Å². The Morgan fingerprint density at radius 2 is 1.10 bits per heavy atom. The molecule has 0 amide bonds. The fourth-order valence-corrected chi connectivity index (χ4v) is 7.38. The lowest BCUT2D eigenvalue weighted by molar-refractivity contribution is 0.667. The van der Waals surface area contributed by atoms with Crippen LogP contribution in [0.3, 0.4) is 0 Å². The molecule has 0 atom stereocenters. The summed E-state index contributed by atoms with van der Waals surface area (Å²) in [7, 11) is 0. The van der Waals surface area contributed by atoms with Crippen LogP contribution in [-0.4, -0.2) is 14.5 Å². The third-order valence-corrected chi connectivity index (χ3v) is 9.67. The minimum absolute atomic E-state index is 0.701. The van der Waals surface area contributed by atoms with Crippen molar-refractivity contribution in [2.75, 3.05) is 4.90 Å². The molecule has 5 heteroatoms. The molecule has 0 saturated carbocycles. The maximum absolute atomic E-state index is 6.28. The van der Waals surface area contributed by atoms with Crippen LogP contribution >= 0.6 is 0 Å². The summed E-state index contributed by atoms with van der Waals surface area (Å²) in [6, 6.07) is 61.9. The summed E-state index contributed by atoms with van der Waals surface area (Å²) < 4.78 is 8.65. The Balaban J connectivity index is 1.09. The Hall–Kier alpha value is -6.98. The number of nitrogens with zero attached hydrogens (tertiary/aromatic N) is 4. The van der Waals surface area contributed by atoms with Gasteiger partial charge in [-0.05, 0) is 90.0 Å². The van der Waals surface area contributed by atoms with Crippen LogP contribution in [0.25, 0.3) is 71.9 Å². The van der Waals surface area contributed by atoms with Crippen LogP contribution in [0.2, 0.25) is 0 Å². The molecule has 0 unspecified atom stereocenters. The van der Waals surface area contributed by atoms with E-state index in [1.807, 2.05) is 24.3 Å². The lowest BCUT2D eigenvalue weighted by atomic mass is 10.0. The van der Waals surface area contributed by atoms with Crippen molar-refractivity contribution in [1.82, 2.24) is 14.5 Å². The van der Waals surface area contributed by atoms with E-state index in [9.17, 15) is 0 Å². The van der Waals surface area contributed by atoms with Crippen LogP contribution in [0.15, 0.2) is 187 Å². The normalized spacial score (nSPS) is 11.5. The molecule has 10 rings (SSSR count). The van der Waals surface area contributed by atoms with Gasteiger partial charge < -0.3 is 13.9 Å². The van der Waals surface area contributed by atoms with Gasteiger partial charge in [0.05, 0.1) is 11.0 Å². The fourth-order valence-electron chi connectivity index (χ4n) is 7.38. The smallest absolute Gasteiger partial charge is 0.180 e. The van der Waals surface area contributed by atoms with Crippen LogP contribution in [0.1, 0.15) is 0 Å². The van der Waals surface area contributed by atoms with Gasteiger partial charge in [-0.2, -0.15) is 0 Å². The second-order valence-corrected chi connectivity index (χ2v) is 12.7. The summed E-state index contributed by atoms with van der Waals surface area (Å²) in [6.07, 6.45) is 1.62. The van der Waals surface area contributed by atoms with Gasteiger partial charge in [0.25, 0.3) is 0 Å². The van der Waals surface area contributed by atoms with Crippen molar-refractivity contribution < 1.29 is 4.42 Å². The number of rotatable bonds is 6. The van der Waals surface area contributed by atoms with Crippen LogP contribution in [0.5, 0.6) is 0 Å². The molecule has 0 aliphatic heterocycles. The van der Waals surface area contributed by atoms with Crippen molar-refractivity contribution in [2.45, 2.75) is 0 Å². The molecule has 3 heterocycles. The number of hydrogen-bond donors (Lipinski definition) is 0. The summed E-state index contributed by atoms with van der Waals surface area (Å²) in [4.78, 5) is 11.6. The predicted octanol–water partition coefficient (Wildman–Crippen LogP) is 12.3. The average Bonchev–Trinajstić information content (AvgIpc) is 3.75. The predicted molar refractivity (Wildman–Crippen MR) is 209 cm³/mol. The number of para-hydroxylation sites is 4. The largest absolute Gasteiger partial charge is 0.452 e. The number of benzene rings is 7. The highest BCUT2D eigenvalue weighted by molar-refractivity contribution is 6.11. The molecule has 51 heavy (non-hydrogen) atoms. The van der Waals surface area contributed by atoms with Crippen LogP contribution in [0.4, 0.5) is 17.1 Å². The highest BCUT2D eigenvalue weighted by Gasteiger charge is 2.18. The average molecular weight is 655 g/mol. The molecule has 0 aliphatic rings. The zero-order chi connectivity index (χ0) is 33.7. The summed E-state index contributed by atoms with van der Waals surface area (Å²) in [5, 5.41) is 3.40. The van der Waals surface area contributed by atoms with Crippen LogP contribution < -0.4 is 4.90 Å². The first kappa shape index (κ1) is 29.0. The van der Waals surface area contributed by atoms with E-state index in [0.29, 0.717) is 5.58 Å². The number of anilines is 3. The third kappa shape index (κ3) is 4.86. The van der Waals surface area contributed by atoms with Crippen LogP contribution in [0, 0.1) is 0 Å². The van der Waals surface area contributed by atoms with Gasteiger partial charge in [-0.1, -0.05) is 97.1 Å². The van der Waals surface area contributed by atoms with E-state index in [2.05, 4.69) is 171 Å². The summed E-state index contributed by atoms with van der Waals surface area (Å²) in [5.74, 6) is 0. The fraction of sp³-hybridized carbons (Fsp3) is 0. The van der Waals surface area contributed by atoms with Gasteiger partial charge in [-0.3, -0.25) is 0 Å². The van der Waals surface area contributed by atoms with E-state index in [1.54, 1.807) is 6.33 Å². The SMILES string of the molecule is c1ccc(N(c2ccccc2)c2ccc3c(c2)c2ccccc2n3-c2cccc(-c3cccc(-c4ncnc5c4oc4ccccc45)c3)c2)cc1. The Morgan fingerprint density at radius 3 is 1.90 bits per heavy atom. The monoisotopic (exact) mass is 654 g/mol. The summed E-state index contributed by atoms with van der Waals surface area (Å²) in [5.41, 5.74) is 13.1. The molecule has 0 aliphatic carbocycles. The van der Waals surface area contributed by atoms with Gasteiger partial charge in [0.1, 0.15) is 23.1 Å². The van der Waals surface area contributed by atoms with E-state index in [0.717, 1.165) is 72.7 Å². The Morgan fingerprint density at radius 1 is 0.451 bits per heavy atom. The Labute approximate surface area is 294 Å². The molecule has 0 fully saturated rings. The second-order valence-electron chi connectivity index (χ2n) is 12.7. The van der Waals surface area contributed by atoms with E-state index >= 15 is 0 Å². The standard InChI is InChI=1S/C46H30N4O/c1-3-16-34(17-4-1)49(35-18-5-2-6-19-35)37-25-26-42-40(29-37)38-21-7-9-23-41(38)50(42)36-20-12-14-32(28-36)31-13-11-15-33(27-31)44-46-45(48-30-47-44)39-22-8-10-24-43(39)51-46/h1-30H. The molecule has 0 radical (unpaired) electrons. The Bertz CT molecular complexity index is 2830. The highest BCUT2D eigenvalue weighted by Crippen LogP contribution is 2.40. The quantitative estimate of drug-likeness (QED) is 0.179. The number of furan rings is 1. The van der Waals surface area contributed by atoms with Gasteiger partial charge in [-0.15, -0.1) is 0 Å². The van der Waals surface area contributed by atoms with E-state index < -0.39 is 0 Å². The lowest BCUT2D eigenvalue weighted by Crippen LogP contribution is -2.09. The number of aromatic nitrogens is 3. The molecule has 5 nitrogen and oxygen atoms in total. The molecule has 3 aromatic heterocycles. The maximum atomic E-state index is 6.28. The first-order valence-corrected chi connectivity index (χ1v) is 17.1. The van der Waals surface area contributed by atoms with Crippen molar-refractivity contribution in [2.24, 2.45) is 0 Å². The zero-order valence-electron chi connectivity index (χ0n) is 27.5. The Kier molecular flexibility index (Phi) is 6.74. The van der Waals surface area contributed by atoms with Crippen molar-refractivity contribution in [3.8, 4) is 28.1 Å². The molecule has 10 aromatic rings. The maximum Gasteiger partial charge on any atom is 0.180 e. The van der Waals surface area contributed by atoms with Crippen molar-refractivity contribution in [3.63, 3.8) is 0 Å². The molecule has 0 bridgehead atoms. The molecule has 0 spiro atoms. The zero-order valence-corrected chi connectivity index (χ0v) is 27.5. The second kappa shape index (κ2) is 11.9. The van der Waals surface area contributed by atoms with E-state index in [1.165, 1.54) is 10.8 Å². The third-order valence-electron chi connectivity index (χ3n) is 9.67. The first-order valence-electron chi connectivity index (χ1n) is 17.1. The molecule has 240 valence electrons. The van der Waals surface area contributed by atoms with Crippen LogP contribution in [-0.2, 0) is 0 Å². The van der Waals surface area contributed by atoms with Crippen molar-refractivity contribution in [1.29, 1.82) is 0 Å². The molecular formula is C46H30N4O. The highest BCUT2D eigenvalue weighted by atomic mass is 16.3. The summed E-state index contributed by atoms with van der Waals surface area (Å²) in [6.45, 7) is 0. The summed E-state index contributed by atoms with van der Waals surface area (Å²) >= 11 is 0. The minimum atomic E-state index is 0.701. The van der Waals surface area contributed by atoms with Gasteiger partial charge >= 0.3 is 0 Å². The van der Waals surface area contributed by atoms with E-state index in [4.69, 9.17) is 4.42 Å². The van der Waals surface area contributed by atoms with Gasteiger partial charge in [-0.25, -0.2) is 9.97 Å². The molecule has 0 saturated heterocycles. The van der Waals surface area contributed by atoms with Gasteiger partial charge in [0.15, 0.2) is 5.58 Å². The molecule has 0 N–H and O–H groups in total. The number of fused-ring (bicyclic) bond motifs is 6. The van der Waals surface area contributed by atoms with Crippen molar-refractivity contribution >= 4 is 60.9 Å². The van der Waals surface area contributed by atoms with Gasteiger partial charge in [0.2, 0.25) is 0 Å². The first-order chi connectivity index (χ1) is 25.3. The molecular weight excluding hydrogens is 625 g/mol. The lowest BCUT2D eigenvalue weighted by Gasteiger charge is -2.25. The van der Waals surface area contributed by atoms with Gasteiger partial charge in [0, 0.05) is 44.5 Å². The molecule has 7 aromatic carbocycles. The number of hydrogen-bond acceptors (Lipinski definition) is 4. The van der Waals surface area contributed by atoms with Crippen molar-refractivity contribution in [3.05, 3.63) is 182 Å².